The van der Waals surface area contributed by atoms with Crippen molar-refractivity contribution in [3.05, 3.63) is 88.2 Å². The van der Waals surface area contributed by atoms with E-state index in [1.165, 1.54) is 4.90 Å². The molecule has 0 aliphatic carbocycles. The normalized spacial score (nSPS) is 12.1. The Morgan fingerprint density at radius 2 is 1.79 bits per heavy atom. The summed E-state index contributed by atoms with van der Waals surface area (Å²) in [5.74, 6) is -1.32. The molecular formula is C22H23F2N3O. The molecule has 0 radical (unpaired) electrons. The minimum Gasteiger partial charge on any atom is -0.335 e. The number of aromatic nitrogens is 2. The molecule has 6 heteroatoms. The van der Waals surface area contributed by atoms with Gasteiger partial charge < -0.3 is 4.90 Å². The summed E-state index contributed by atoms with van der Waals surface area (Å²) < 4.78 is 29.4. The summed E-state index contributed by atoms with van der Waals surface area (Å²) in [6.45, 7) is 6.24. The first kappa shape index (κ1) is 19.7. The van der Waals surface area contributed by atoms with Crippen LogP contribution in [0.25, 0.3) is 0 Å². The number of halogens is 2. The first-order valence-electron chi connectivity index (χ1n) is 9.08. The van der Waals surface area contributed by atoms with E-state index in [4.69, 9.17) is 0 Å². The summed E-state index contributed by atoms with van der Waals surface area (Å²) in [5.41, 5.74) is 3.70. The van der Waals surface area contributed by atoms with Crippen molar-refractivity contribution >= 4 is 5.91 Å². The van der Waals surface area contributed by atoms with E-state index >= 15 is 0 Å². The Morgan fingerprint density at radius 1 is 1.11 bits per heavy atom. The van der Waals surface area contributed by atoms with E-state index in [1.807, 2.05) is 36.7 Å². The van der Waals surface area contributed by atoms with Crippen LogP contribution in [-0.4, -0.2) is 27.6 Å². The standard InChI is InChI=1S/C22H23F2N3O/c1-14-11-15(2)27(25-14)13-17-5-7-18(8-6-17)22(28)26(4)16(3)20-12-19(23)9-10-21(20)24/h5-12,16H,13H2,1-4H3. The average Bonchev–Trinajstić information content (AvgIpc) is 2.99. The predicted octanol–water partition coefficient (Wildman–Crippen LogP) is 4.66. The van der Waals surface area contributed by atoms with E-state index in [-0.39, 0.29) is 11.5 Å². The first-order chi connectivity index (χ1) is 13.3. The smallest absolute Gasteiger partial charge is 0.254 e. The molecule has 1 unspecified atom stereocenters. The Balaban J connectivity index is 1.74. The van der Waals surface area contributed by atoms with Crippen molar-refractivity contribution in [3.63, 3.8) is 0 Å². The Hall–Kier alpha value is -3.02. The number of nitrogens with zero attached hydrogens (tertiary/aromatic N) is 3. The van der Waals surface area contributed by atoms with Gasteiger partial charge in [-0.05, 0) is 62.7 Å². The second-order valence-electron chi connectivity index (χ2n) is 7.04. The second kappa shape index (κ2) is 7.92. The highest BCUT2D eigenvalue weighted by Gasteiger charge is 2.22. The first-order valence-corrected chi connectivity index (χ1v) is 9.08. The number of carbonyl (C=O) groups is 1. The molecule has 4 nitrogen and oxygen atoms in total. The minimum atomic E-state index is -0.599. The largest absolute Gasteiger partial charge is 0.335 e. The third-order valence-electron chi connectivity index (χ3n) is 4.95. The van der Waals surface area contributed by atoms with Gasteiger partial charge in [-0.1, -0.05) is 12.1 Å². The van der Waals surface area contributed by atoms with Gasteiger partial charge in [0, 0.05) is 23.9 Å². The van der Waals surface area contributed by atoms with Crippen LogP contribution in [-0.2, 0) is 6.54 Å². The van der Waals surface area contributed by atoms with E-state index in [2.05, 4.69) is 5.10 Å². The molecule has 0 saturated carbocycles. The van der Waals surface area contributed by atoms with Gasteiger partial charge in [0.1, 0.15) is 11.6 Å². The molecular weight excluding hydrogens is 360 g/mol. The molecule has 3 rings (SSSR count). The maximum atomic E-state index is 14.0. The fourth-order valence-corrected chi connectivity index (χ4v) is 3.18. The molecule has 1 atom stereocenters. The molecule has 1 aromatic heterocycles. The van der Waals surface area contributed by atoms with Gasteiger partial charge in [-0.3, -0.25) is 9.48 Å². The topological polar surface area (TPSA) is 38.1 Å². The van der Waals surface area contributed by atoms with Gasteiger partial charge in [-0.15, -0.1) is 0 Å². The number of carbonyl (C=O) groups excluding carboxylic acids is 1. The van der Waals surface area contributed by atoms with Crippen molar-refractivity contribution in [2.24, 2.45) is 0 Å². The van der Waals surface area contributed by atoms with Gasteiger partial charge in [-0.2, -0.15) is 5.10 Å². The fourth-order valence-electron chi connectivity index (χ4n) is 3.18. The van der Waals surface area contributed by atoms with Crippen LogP contribution in [0, 0.1) is 25.5 Å². The number of hydrogen-bond acceptors (Lipinski definition) is 2. The number of aryl methyl sites for hydroxylation is 2. The molecule has 0 bridgehead atoms. The zero-order valence-electron chi connectivity index (χ0n) is 16.4. The van der Waals surface area contributed by atoms with Crippen molar-refractivity contribution < 1.29 is 13.6 Å². The van der Waals surface area contributed by atoms with E-state index in [1.54, 1.807) is 26.1 Å². The summed E-state index contributed by atoms with van der Waals surface area (Å²) in [6.07, 6.45) is 0. The Labute approximate surface area is 163 Å². The Bertz CT molecular complexity index is 996. The van der Waals surface area contributed by atoms with Crippen LogP contribution in [0.1, 0.15) is 45.8 Å². The summed E-state index contributed by atoms with van der Waals surface area (Å²) in [6, 6.07) is 11.9. The van der Waals surface area contributed by atoms with Crippen LogP contribution in [0.3, 0.4) is 0 Å². The molecule has 28 heavy (non-hydrogen) atoms. The van der Waals surface area contributed by atoms with Crippen LogP contribution in [0.5, 0.6) is 0 Å². The highest BCUT2D eigenvalue weighted by atomic mass is 19.1. The fraction of sp³-hybridized carbons (Fsp3) is 0.273. The van der Waals surface area contributed by atoms with Crippen molar-refractivity contribution in [1.82, 2.24) is 14.7 Å². The number of hydrogen-bond donors (Lipinski definition) is 0. The van der Waals surface area contributed by atoms with Gasteiger partial charge in [0.05, 0.1) is 18.3 Å². The van der Waals surface area contributed by atoms with Crippen LogP contribution in [0.2, 0.25) is 0 Å². The Morgan fingerprint density at radius 3 is 2.39 bits per heavy atom. The molecule has 2 aromatic carbocycles. The van der Waals surface area contributed by atoms with Crippen LogP contribution in [0.15, 0.2) is 48.5 Å². The summed E-state index contributed by atoms with van der Waals surface area (Å²) in [5, 5.41) is 4.44. The number of rotatable bonds is 5. The monoisotopic (exact) mass is 383 g/mol. The van der Waals surface area contributed by atoms with Crippen molar-refractivity contribution in [2.75, 3.05) is 7.05 Å². The molecule has 1 heterocycles. The molecule has 1 amide bonds. The third kappa shape index (κ3) is 4.11. The number of benzene rings is 2. The van der Waals surface area contributed by atoms with E-state index in [9.17, 15) is 13.6 Å². The third-order valence-corrected chi connectivity index (χ3v) is 4.95. The van der Waals surface area contributed by atoms with Crippen LogP contribution in [0.4, 0.5) is 8.78 Å². The van der Waals surface area contributed by atoms with E-state index in [0.717, 1.165) is 35.2 Å². The van der Waals surface area contributed by atoms with E-state index in [0.29, 0.717) is 12.1 Å². The Kier molecular flexibility index (Phi) is 5.58. The highest BCUT2D eigenvalue weighted by molar-refractivity contribution is 5.94. The lowest BCUT2D eigenvalue weighted by Gasteiger charge is -2.26. The molecule has 146 valence electrons. The van der Waals surface area contributed by atoms with Gasteiger partial charge in [-0.25, -0.2) is 8.78 Å². The van der Waals surface area contributed by atoms with Crippen LogP contribution < -0.4 is 0 Å². The minimum absolute atomic E-state index is 0.150. The summed E-state index contributed by atoms with van der Waals surface area (Å²) >= 11 is 0. The van der Waals surface area contributed by atoms with Crippen molar-refractivity contribution in [3.8, 4) is 0 Å². The maximum Gasteiger partial charge on any atom is 0.254 e. The molecule has 0 N–H and O–H groups in total. The predicted molar refractivity (Wildman–Crippen MR) is 104 cm³/mol. The zero-order valence-corrected chi connectivity index (χ0v) is 16.4. The highest BCUT2D eigenvalue weighted by Crippen LogP contribution is 2.24. The van der Waals surface area contributed by atoms with Crippen molar-refractivity contribution in [2.45, 2.75) is 33.4 Å². The average molecular weight is 383 g/mol. The van der Waals surface area contributed by atoms with Gasteiger partial charge in [0.15, 0.2) is 0 Å². The lowest BCUT2D eigenvalue weighted by molar-refractivity contribution is 0.0740. The summed E-state index contributed by atoms with van der Waals surface area (Å²) in [7, 11) is 1.58. The SMILES string of the molecule is Cc1cc(C)n(Cc2ccc(C(=O)N(C)C(C)c3cc(F)ccc3F)cc2)n1. The molecule has 0 aliphatic rings. The maximum absolute atomic E-state index is 14.0. The lowest BCUT2D eigenvalue weighted by atomic mass is 10.0. The molecule has 0 fully saturated rings. The van der Waals surface area contributed by atoms with Crippen LogP contribution >= 0.6 is 0 Å². The van der Waals surface area contributed by atoms with E-state index < -0.39 is 17.7 Å². The van der Waals surface area contributed by atoms with Gasteiger partial charge in [0.25, 0.3) is 5.91 Å². The van der Waals surface area contributed by atoms with Gasteiger partial charge >= 0.3 is 0 Å². The number of amides is 1. The second-order valence-corrected chi connectivity index (χ2v) is 7.04. The summed E-state index contributed by atoms with van der Waals surface area (Å²) in [4.78, 5) is 14.2. The molecule has 0 aliphatic heterocycles. The quantitative estimate of drug-likeness (QED) is 0.643. The molecule has 0 saturated heterocycles. The lowest BCUT2D eigenvalue weighted by Crippen LogP contribution is -2.30. The zero-order chi connectivity index (χ0) is 20.4. The van der Waals surface area contributed by atoms with Crippen molar-refractivity contribution in [1.29, 1.82) is 0 Å². The molecule has 0 spiro atoms. The van der Waals surface area contributed by atoms with Gasteiger partial charge in [0.2, 0.25) is 0 Å². The molecule has 3 aromatic rings.